The van der Waals surface area contributed by atoms with Crippen LogP contribution in [0.15, 0.2) is 65.6 Å². The van der Waals surface area contributed by atoms with Gasteiger partial charge in [0.1, 0.15) is 5.82 Å². The van der Waals surface area contributed by atoms with Crippen molar-refractivity contribution in [2.24, 2.45) is 0 Å². The van der Waals surface area contributed by atoms with Crippen molar-refractivity contribution in [3.63, 3.8) is 0 Å². The monoisotopic (exact) mass is 522 g/mol. The average molecular weight is 523 g/mol. The number of halogens is 1. The first-order chi connectivity index (χ1) is 17.7. The van der Waals surface area contributed by atoms with Crippen molar-refractivity contribution in [2.45, 2.75) is 56.5 Å². The molecule has 0 aliphatic carbocycles. The molecule has 3 atom stereocenters. The van der Waals surface area contributed by atoms with E-state index in [1.165, 1.54) is 6.07 Å². The van der Waals surface area contributed by atoms with Gasteiger partial charge in [-0.05, 0) is 85.7 Å². The van der Waals surface area contributed by atoms with Gasteiger partial charge in [0.2, 0.25) is 10.0 Å². The fourth-order valence-corrected chi connectivity index (χ4v) is 7.82. The lowest BCUT2D eigenvalue weighted by atomic mass is 9.74. The van der Waals surface area contributed by atoms with E-state index in [9.17, 15) is 17.9 Å². The Labute approximate surface area is 219 Å². The summed E-state index contributed by atoms with van der Waals surface area (Å²) in [5.41, 5.74) is 5.44. The summed E-state index contributed by atoms with van der Waals surface area (Å²) in [6.07, 6.45) is 1.68. The maximum absolute atomic E-state index is 14.0. The summed E-state index contributed by atoms with van der Waals surface area (Å²) < 4.78 is 42.9. The smallest absolute Gasteiger partial charge is 0.243 e. The lowest BCUT2D eigenvalue weighted by molar-refractivity contribution is -0.0553. The molecule has 2 fully saturated rings. The number of sulfonamides is 1. The summed E-state index contributed by atoms with van der Waals surface area (Å²) in [5, 5.41) is 10.3. The minimum absolute atomic E-state index is 0.00287. The van der Waals surface area contributed by atoms with Gasteiger partial charge in [0.05, 0.1) is 11.5 Å². The van der Waals surface area contributed by atoms with Crippen LogP contribution in [-0.2, 0) is 10.0 Å². The van der Waals surface area contributed by atoms with Crippen LogP contribution in [0.5, 0.6) is 0 Å². The third kappa shape index (κ3) is 4.63. The van der Waals surface area contributed by atoms with Crippen molar-refractivity contribution in [2.75, 3.05) is 26.2 Å². The maximum Gasteiger partial charge on any atom is 0.243 e. The molecule has 2 aliphatic heterocycles. The van der Waals surface area contributed by atoms with Crippen molar-refractivity contribution in [1.29, 1.82) is 0 Å². The number of aliphatic hydroxyl groups is 1. The van der Waals surface area contributed by atoms with Gasteiger partial charge in [-0.2, -0.15) is 4.31 Å². The van der Waals surface area contributed by atoms with Gasteiger partial charge in [-0.1, -0.05) is 48.5 Å². The molecule has 5 nitrogen and oxygen atoms in total. The van der Waals surface area contributed by atoms with Gasteiger partial charge in [-0.3, -0.25) is 4.90 Å². The van der Waals surface area contributed by atoms with E-state index < -0.39 is 10.0 Å². The number of hydrogen-bond donors (Lipinski definition) is 1. The number of fused-ring (bicyclic) bond motifs is 1. The molecule has 0 radical (unpaired) electrons. The zero-order valence-electron chi connectivity index (χ0n) is 21.7. The third-order valence-corrected chi connectivity index (χ3v) is 10.4. The number of benzene rings is 3. The second-order valence-corrected chi connectivity index (χ2v) is 12.3. The number of rotatable bonds is 5. The molecule has 3 aromatic rings. The zero-order chi connectivity index (χ0) is 26.3. The highest BCUT2D eigenvalue weighted by Gasteiger charge is 2.50. The summed E-state index contributed by atoms with van der Waals surface area (Å²) in [7, 11) is -3.63. The van der Waals surface area contributed by atoms with Crippen LogP contribution in [-0.4, -0.2) is 61.1 Å². The second kappa shape index (κ2) is 10.3. The molecule has 2 aliphatic rings. The molecule has 0 spiro atoms. The minimum atomic E-state index is -3.63. The van der Waals surface area contributed by atoms with E-state index in [1.807, 2.05) is 32.0 Å². The molecule has 37 heavy (non-hydrogen) atoms. The van der Waals surface area contributed by atoms with Gasteiger partial charge in [0.15, 0.2) is 0 Å². The zero-order valence-corrected chi connectivity index (χ0v) is 22.5. The number of hydrogen-bond acceptors (Lipinski definition) is 4. The van der Waals surface area contributed by atoms with Gasteiger partial charge in [-0.15, -0.1) is 0 Å². The summed E-state index contributed by atoms with van der Waals surface area (Å²) in [6.45, 7) is 7.35. The van der Waals surface area contributed by atoms with Crippen molar-refractivity contribution < 1.29 is 17.9 Å². The van der Waals surface area contributed by atoms with E-state index in [1.54, 1.807) is 23.4 Å². The third-order valence-electron chi connectivity index (χ3n) is 8.37. The van der Waals surface area contributed by atoms with Crippen LogP contribution in [0.4, 0.5) is 4.39 Å². The molecular weight excluding hydrogens is 487 g/mol. The van der Waals surface area contributed by atoms with E-state index in [4.69, 9.17) is 0 Å². The predicted octanol–water partition coefficient (Wildman–Crippen LogP) is 5.03. The normalized spacial score (nSPS) is 23.1. The molecule has 5 rings (SSSR count). The lowest BCUT2D eigenvalue weighted by Crippen LogP contribution is -2.67. The second-order valence-electron chi connectivity index (χ2n) is 10.4. The summed E-state index contributed by atoms with van der Waals surface area (Å²) in [6, 6.07) is 18.7. The molecule has 2 unspecified atom stereocenters. The highest BCUT2D eigenvalue weighted by molar-refractivity contribution is 7.89. The average Bonchev–Trinajstić information content (AvgIpc) is 2.87. The quantitative estimate of drug-likeness (QED) is 0.511. The molecule has 0 saturated carbocycles. The molecule has 2 heterocycles. The fraction of sp³-hybridized carbons (Fsp3) is 0.400. The molecule has 3 aromatic carbocycles. The molecular formula is C30H35FN2O3S. The van der Waals surface area contributed by atoms with Crippen LogP contribution in [0.2, 0.25) is 0 Å². The largest absolute Gasteiger partial charge is 0.395 e. The molecule has 0 bridgehead atoms. The first kappa shape index (κ1) is 26.0. The van der Waals surface area contributed by atoms with Crippen LogP contribution in [0.1, 0.15) is 41.0 Å². The van der Waals surface area contributed by atoms with Crippen molar-refractivity contribution >= 4 is 10.0 Å². The van der Waals surface area contributed by atoms with Gasteiger partial charge < -0.3 is 5.11 Å². The Balaban J connectivity index is 1.44. The Morgan fingerprint density at radius 3 is 2.32 bits per heavy atom. The molecule has 0 amide bonds. The fourth-order valence-electron chi connectivity index (χ4n) is 6.10. The first-order valence-electron chi connectivity index (χ1n) is 13.0. The van der Waals surface area contributed by atoms with E-state index in [0.29, 0.717) is 23.5 Å². The highest BCUT2D eigenvalue weighted by atomic mass is 32.2. The van der Waals surface area contributed by atoms with Crippen molar-refractivity contribution in [3.8, 4) is 11.1 Å². The van der Waals surface area contributed by atoms with Gasteiger partial charge in [0, 0.05) is 31.1 Å². The van der Waals surface area contributed by atoms with E-state index in [2.05, 4.69) is 29.2 Å². The van der Waals surface area contributed by atoms with Crippen LogP contribution < -0.4 is 0 Å². The Bertz CT molecular complexity index is 1390. The Morgan fingerprint density at radius 1 is 0.919 bits per heavy atom. The number of aryl methyl sites for hydroxylation is 1. The lowest BCUT2D eigenvalue weighted by Gasteiger charge is -2.57. The van der Waals surface area contributed by atoms with Crippen LogP contribution in [0.25, 0.3) is 11.1 Å². The molecule has 2 saturated heterocycles. The predicted molar refractivity (Wildman–Crippen MR) is 145 cm³/mol. The van der Waals surface area contributed by atoms with Crippen LogP contribution in [0, 0.1) is 26.6 Å². The highest BCUT2D eigenvalue weighted by Crippen LogP contribution is 2.43. The number of nitrogens with zero attached hydrogens (tertiary/aromatic N) is 2. The summed E-state index contributed by atoms with van der Waals surface area (Å²) in [4.78, 5) is 2.65. The first-order valence-corrected chi connectivity index (χ1v) is 14.5. The van der Waals surface area contributed by atoms with Gasteiger partial charge >= 0.3 is 0 Å². The molecule has 1 N–H and O–H groups in total. The minimum Gasteiger partial charge on any atom is -0.395 e. The van der Waals surface area contributed by atoms with Crippen molar-refractivity contribution in [3.05, 3.63) is 88.7 Å². The Kier molecular flexibility index (Phi) is 7.24. The maximum atomic E-state index is 14.0. The van der Waals surface area contributed by atoms with Gasteiger partial charge in [-0.25, -0.2) is 12.8 Å². The van der Waals surface area contributed by atoms with E-state index >= 15 is 0 Å². The molecule has 0 aromatic heterocycles. The van der Waals surface area contributed by atoms with Crippen LogP contribution in [0.3, 0.4) is 0 Å². The van der Waals surface area contributed by atoms with Crippen LogP contribution >= 0.6 is 0 Å². The molecule has 7 heteroatoms. The summed E-state index contributed by atoms with van der Waals surface area (Å²) >= 11 is 0. The topological polar surface area (TPSA) is 60.9 Å². The van der Waals surface area contributed by atoms with E-state index in [-0.39, 0.29) is 30.4 Å². The molecule has 196 valence electrons. The SMILES string of the molecule is Cc1ccccc1S(=O)(=O)N1CCCCN2C(CO)C(c3ccc(-c4ccc(F)c(C)c4C)cc3)[C@@H]2C1. The van der Waals surface area contributed by atoms with Gasteiger partial charge in [0.25, 0.3) is 0 Å². The summed E-state index contributed by atoms with van der Waals surface area (Å²) in [5.74, 6) is -0.171. The number of aliphatic hydroxyl groups excluding tert-OH is 1. The Morgan fingerprint density at radius 2 is 1.62 bits per heavy atom. The Hall–Kier alpha value is -2.58. The standard InChI is InChI=1S/C30H35FN2O3S/c1-20-8-4-5-9-29(20)37(35,36)32-16-6-7-17-33-27(18-32)30(28(33)19-34)24-12-10-23(11-13-24)25-14-15-26(31)22(3)21(25)2/h4-5,8-15,27-28,30,34H,6-7,16-19H2,1-3H3/t27-,28?,30?/m0/s1. The van der Waals surface area contributed by atoms with E-state index in [0.717, 1.165) is 47.2 Å². The van der Waals surface area contributed by atoms with Crippen molar-refractivity contribution in [1.82, 2.24) is 9.21 Å².